The first-order chi connectivity index (χ1) is 9.63. The van der Waals surface area contributed by atoms with Crippen molar-refractivity contribution in [1.82, 2.24) is 10.3 Å². The maximum atomic E-state index is 14.0. The minimum absolute atomic E-state index is 0.258. The maximum absolute atomic E-state index is 14.0. The fraction of sp³-hybridized carbons (Fsp3) is 0.312. The first-order valence-electron chi connectivity index (χ1n) is 6.72. The van der Waals surface area contributed by atoms with Gasteiger partial charge in [-0.2, -0.15) is 0 Å². The van der Waals surface area contributed by atoms with Gasteiger partial charge >= 0.3 is 0 Å². The molecule has 1 aromatic heterocycles. The van der Waals surface area contributed by atoms with E-state index in [1.165, 1.54) is 6.20 Å². The van der Waals surface area contributed by atoms with Crippen LogP contribution in [-0.2, 0) is 0 Å². The third-order valence-electron chi connectivity index (χ3n) is 3.18. The van der Waals surface area contributed by atoms with Crippen LogP contribution in [0.25, 0.3) is 0 Å². The van der Waals surface area contributed by atoms with Crippen molar-refractivity contribution in [3.05, 3.63) is 64.2 Å². The molecule has 0 bridgehead atoms. The topological polar surface area (TPSA) is 24.9 Å². The van der Waals surface area contributed by atoms with Crippen LogP contribution in [0.3, 0.4) is 0 Å². The molecule has 0 spiro atoms. The molecule has 0 aliphatic rings. The maximum Gasteiger partial charge on any atom is 0.146 e. The molecule has 20 heavy (non-hydrogen) atoms. The zero-order chi connectivity index (χ0) is 14.5. The highest BCUT2D eigenvalue weighted by atomic mass is 35.5. The van der Waals surface area contributed by atoms with Crippen molar-refractivity contribution < 1.29 is 4.39 Å². The normalized spacial score (nSPS) is 12.4. The summed E-state index contributed by atoms with van der Waals surface area (Å²) in [5.74, 6) is -0.322. The first kappa shape index (κ1) is 14.9. The predicted molar refractivity (Wildman–Crippen MR) is 80.5 cm³/mol. The number of benzene rings is 1. The number of pyridine rings is 1. The Hall–Kier alpha value is -1.45. The van der Waals surface area contributed by atoms with Gasteiger partial charge in [0.1, 0.15) is 5.82 Å². The van der Waals surface area contributed by atoms with E-state index in [0.29, 0.717) is 10.6 Å². The molecule has 1 heterocycles. The highest BCUT2D eigenvalue weighted by molar-refractivity contribution is 6.31. The minimum atomic E-state index is -0.322. The average molecular weight is 293 g/mol. The van der Waals surface area contributed by atoms with Crippen LogP contribution in [-0.4, -0.2) is 11.5 Å². The molecular formula is C16H18ClFN2. The van der Waals surface area contributed by atoms with Crippen LogP contribution in [0, 0.1) is 12.7 Å². The highest BCUT2D eigenvalue weighted by Gasteiger charge is 2.19. The smallest absolute Gasteiger partial charge is 0.146 e. The summed E-state index contributed by atoms with van der Waals surface area (Å²) in [6, 6.07) is 7.27. The van der Waals surface area contributed by atoms with Gasteiger partial charge in [0, 0.05) is 16.8 Å². The monoisotopic (exact) mass is 292 g/mol. The summed E-state index contributed by atoms with van der Waals surface area (Å²) < 4.78 is 14.0. The molecular weight excluding hydrogens is 275 g/mol. The fourth-order valence-electron chi connectivity index (χ4n) is 2.16. The summed E-state index contributed by atoms with van der Waals surface area (Å²) in [5, 5.41) is 4.00. The van der Waals surface area contributed by atoms with Crippen LogP contribution in [0.1, 0.15) is 36.1 Å². The van der Waals surface area contributed by atoms with Gasteiger partial charge in [0.05, 0.1) is 12.2 Å². The van der Waals surface area contributed by atoms with Gasteiger partial charge in [-0.15, -0.1) is 0 Å². The predicted octanol–water partition coefficient (Wildman–Crippen LogP) is 4.27. The largest absolute Gasteiger partial charge is 0.306 e. The van der Waals surface area contributed by atoms with Gasteiger partial charge in [0.15, 0.2) is 0 Å². The standard InChI is InChI=1S/C16H18ClFN2/c1-3-7-20-16(13-6-8-19-10-15(13)18)12-5-4-11(2)9-14(12)17/h4-6,8-10,16,20H,3,7H2,1-2H3. The molecule has 0 amide bonds. The molecule has 1 aromatic carbocycles. The third kappa shape index (κ3) is 3.35. The van der Waals surface area contributed by atoms with Crippen molar-refractivity contribution in [3.8, 4) is 0 Å². The minimum Gasteiger partial charge on any atom is -0.306 e. The summed E-state index contributed by atoms with van der Waals surface area (Å²) >= 11 is 6.33. The van der Waals surface area contributed by atoms with E-state index >= 15 is 0 Å². The van der Waals surface area contributed by atoms with Crippen LogP contribution >= 0.6 is 11.6 Å². The second-order valence-corrected chi connectivity index (χ2v) is 5.22. The number of hydrogen-bond donors (Lipinski definition) is 1. The zero-order valence-electron chi connectivity index (χ0n) is 11.7. The van der Waals surface area contributed by atoms with E-state index in [2.05, 4.69) is 17.2 Å². The Labute approximate surface area is 124 Å². The fourth-order valence-corrected chi connectivity index (χ4v) is 2.51. The van der Waals surface area contributed by atoms with Crippen molar-refractivity contribution >= 4 is 11.6 Å². The third-order valence-corrected chi connectivity index (χ3v) is 3.51. The van der Waals surface area contributed by atoms with Gasteiger partial charge in [0.2, 0.25) is 0 Å². The van der Waals surface area contributed by atoms with Crippen molar-refractivity contribution in [2.45, 2.75) is 26.3 Å². The molecule has 1 unspecified atom stereocenters. The number of aromatic nitrogens is 1. The Bertz CT molecular complexity index is 586. The van der Waals surface area contributed by atoms with Gasteiger partial charge in [-0.05, 0) is 43.1 Å². The van der Waals surface area contributed by atoms with E-state index in [0.717, 1.165) is 24.1 Å². The van der Waals surface area contributed by atoms with E-state index in [-0.39, 0.29) is 11.9 Å². The van der Waals surface area contributed by atoms with Crippen molar-refractivity contribution in [2.75, 3.05) is 6.54 Å². The summed E-state index contributed by atoms with van der Waals surface area (Å²) in [7, 11) is 0. The van der Waals surface area contributed by atoms with Crippen LogP contribution in [0.15, 0.2) is 36.7 Å². The van der Waals surface area contributed by atoms with E-state index in [1.54, 1.807) is 12.3 Å². The van der Waals surface area contributed by atoms with Crippen molar-refractivity contribution in [1.29, 1.82) is 0 Å². The second kappa shape index (κ2) is 6.82. The molecule has 1 atom stereocenters. The van der Waals surface area contributed by atoms with Gasteiger partial charge < -0.3 is 5.32 Å². The number of nitrogens with one attached hydrogen (secondary N) is 1. The van der Waals surface area contributed by atoms with E-state index in [9.17, 15) is 4.39 Å². The number of rotatable bonds is 5. The Kier molecular flexibility index (Phi) is 5.10. The summed E-state index contributed by atoms with van der Waals surface area (Å²) in [4.78, 5) is 3.80. The summed E-state index contributed by atoms with van der Waals surface area (Å²) in [6.45, 7) is 4.84. The second-order valence-electron chi connectivity index (χ2n) is 4.81. The number of halogens is 2. The molecule has 0 radical (unpaired) electrons. The molecule has 0 saturated heterocycles. The lowest BCUT2D eigenvalue weighted by molar-refractivity contribution is 0.543. The lowest BCUT2D eigenvalue weighted by atomic mass is 9.98. The van der Waals surface area contributed by atoms with E-state index < -0.39 is 0 Å². The number of aryl methyl sites for hydroxylation is 1. The molecule has 2 rings (SSSR count). The van der Waals surface area contributed by atoms with Gasteiger partial charge in [-0.3, -0.25) is 4.98 Å². The Morgan fingerprint density at radius 3 is 2.75 bits per heavy atom. The molecule has 2 nitrogen and oxygen atoms in total. The summed E-state index contributed by atoms with van der Waals surface area (Å²) in [6.07, 6.45) is 3.80. The highest BCUT2D eigenvalue weighted by Crippen LogP contribution is 2.30. The number of hydrogen-bond acceptors (Lipinski definition) is 2. The number of nitrogens with zero attached hydrogens (tertiary/aromatic N) is 1. The SMILES string of the molecule is CCCNC(c1ccncc1F)c1ccc(C)cc1Cl. The van der Waals surface area contributed by atoms with Gasteiger partial charge in [-0.1, -0.05) is 30.7 Å². The van der Waals surface area contributed by atoms with Crippen LogP contribution in [0.2, 0.25) is 5.02 Å². The zero-order valence-corrected chi connectivity index (χ0v) is 12.4. The molecule has 106 valence electrons. The van der Waals surface area contributed by atoms with Gasteiger partial charge in [-0.25, -0.2) is 4.39 Å². The quantitative estimate of drug-likeness (QED) is 0.890. The molecule has 0 aliphatic heterocycles. The first-order valence-corrected chi connectivity index (χ1v) is 7.10. The lowest BCUT2D eigenvalue weighted by Gasteiger charge is -2.21. The van der Waals surface area contributed by atoms with E-state index in [1.807, 2.05) is 25.1 Å². The molecule has 2 aromatic rings. The van der Waals surface area contributed by atoms with Crippen LogP contribution in [0.5, 0.6) is 0 Å². The van der Waals surface area contributed by atoms with Gasteiger partial charge in [0.25, 0.3) is 0 Å². The Morgan fingerprint density at radius 1 is 1.30 bits per heavy atom. The Morgan fingerprint density at radius 2 is 2.10 bits per heavy atom. The molecule has 4 heteroatoms. The summed E-state index contributed by atoms with van der Waals surface area (Å²) in [5.41, 5.74) is 2.54. The molecule has 1 N–H and O–H groups in total. The van der Waals surface area contributed by atoms with Crippen molar-refractivity contribution in [2.24, 2.45) is 0 Å². The van der Waals surface area contributed by atoms with Crippen LogP contribution in [0.4, 0.5) is 4.39 Å². The molecule has 0 aliphatic carbocycles. The van der Waals surface area contributed by atoms with E-state index in [4.69, 9.17) is 11.6 Å². The molecule has 0 fully saturated rings. The van der Waals surface area contributed by atoms with Crippen molar-refractivity contribution in [3.63, 3.8) is 0 Å². The average Bonchev–Trinajstić information content (AvgIpc) is 2.42. The molecule has 0 saturated carbocycles. The lowest BCUT2D eigenvalue weighted by Crippen LogP contribution is -2.24. The Balaban J connectivity index is 2.44. The van der Waals surface area contributed by atoms with Crippen LogP contribution < -0.4 is 5.32 Å².